The first kappa shape index (κ1) is 28.9. The van der Waals surface area contributed by atoms with E-state index in [0.717, 1.165) is 6.07 Å². The summed E-state index contributed by atoms with van der Waals surface area (Å²) in [4.78, 5) is 39.3. The summed E-state index contributed by atoms with van der Waals surface area (Å²) in [6.07, 6.45) is -1.87. The summed E-state index contributed by atoms with van der Waals surface area (Å²) < 4.78 is 49.9. The molecule has 0 radical (unpaired) electrons. The first-order chi connectivity index (χ1) is 19.8. The highest BCUT2D eigenvalue weighted by molar-refractivity contribution is 9.10. The lowest BCUT2D eigenvalue weighted by Gasteiger charge is -2.11. The van der Waals surface area contributed by atoms with Crippen LogP contribution in [0.4, 0.5) is 24.7 Å². The summed E-state index contributed by atoms with van der Waals surface area (Å²) in [5.74, 6) is -2.21. The molecule has 0 atom stereocenters. The van der Waals surface area contributed by atoms with Crippen LogP contribution in [0.15, 0.2) is 39.5 Å². The van der Waals surface area contributed by atoms with Gasteiger partial charge in [-0.15, -0.1) is 11.3 Å². The minimum Gasteiger partial charge on any atom is -0.454 e. The third-order valence-corrected chi connectivity index (χ3v) is 7.71. The van der Waals surface area contributed by atoms with E-state index in [2.05, 4.69) is 36.4 Å². The number of carbonyl (C=O) groups excluding carboxylic acids is 2. The van der Waals surface area contributed by atoms with Gasteiger partial charge < -0.3 is 25.6 Å². The molecule has 0 saturated carbocycles. The second-order valence-electron chi connectivity index (χ2n) is 8.86. The Balaban J connectivity index is 1.57. The molecule has 5 rings (SSSR count). The molecule has 0 saturated heterocycles. The molecule has 0 aliphatic carbocycles. The van der Waals surface area contributed by atoms with E-state index in [-0.39, 0.29) is 48.9 Å². The molecule has 42 heavy (non-hydrogen) atoms. The maximum absolute atomic E-state index is 13.8. The van der Waals surface area contributed by atoms with Gasteiger partial charge in [0.25, 0.3) is 11.8 Å². The molecule has 5 heterocycles. The highest BCUT2D eigenvalue weighted by Crippen LogP contribution is 2.44. The van der Waals surface area contributed by atoms with E-state index < -0.39 is 34.4 Å². The molecule has 3 N–H and O–H groups in total. The zero-order valence-electron chi connectivity index (χ0n) is 21.5. The van der Waals surface area contributed by atoms with Crippen LogP contribution in [0.3, 0.4) is 0 Å². The molecule has 0 fully saturated rings. The van der Waals surface area contributed by atoms with Gasteiger partial charge in [0.05, 0.1) is 22.7 Å². The smallest absolute Gasteiger partial charge is 0.433 e. The minimum atomic E-state index is -4.80. The molecular formula is C24H18BrF3N8O5S. The van der Waals surface area contributed by atoms with Gasteiger partial charge in [-0.05, 0) is 58.5 Å². The van der Waals surface area contributed by atoms with Crippen LogP contribution < -0.4 is 11.1 Å². The first-order valence-corrected chi connectivity index (χ1v) is 13.5. The number of alkyl halides is 3. The Hall–Kier alpha value is -4.58. The van der Waals surface area contributed by atoms with Crippen molar-refractivity contribution in [1.29, 1.82) is 0 Å². The van der Waals surface area contributed by atoms with Crippen LogP contribution >= 0.6 is 27.3 Å². The van der Waals surface area contributed by atoms with Crippen molar-refractivity contribution in [1.82, 2.24) is 24.5 Å². The average molecular weight is 667 g/mol. The Morgan fingerprint density at radius 3 is 2.55 bits per heavy atom. The third kappa shape index (κ3) is 5.37. The quantitative estimate of drug-likeness (QED) is 0.164. The van der Waals surface area contributed by atoms with Crippen molar-refractivity contribution in [2.75, 3.05) is 5.32 Å². The van der Waals surface area contributed by atoms with Crippen molar-refractivity contribution < 1.29 is 32.1 Å². The molecule has 5 aromatic heterocycles. The van der Waals surface area contributed by atoms with Crippen LogP contribution in [0.2, 0.25) is 0 Å². The number of amides is 2. The molecule has 0 bridgehead atoms. The lowest BCUT2D eigenvalue weighted by molar-refractivity contribution is -0.390. The number of thiophene rings is 1. The molecule has 0 unspecified atom stereocenters. The van der Waals surface area contributed by atoms with Crippen molar-refractivity contribution in [3.05, 3.63) is 73.0 Å². The fourth-order valence-corrected chi connectivity index (χ4v) is 5.67. The number of rotatable bonds is 8. The number of furan rings is 1. The summed E-state index contributed by atoms with van der Waals surface area (Å²) in [7, 11) is 0. The van der Waals surface area contributed by atoms with Crippen LogP contribution in [0.25, 0.3) is 21.3 Å². The number of nitrogens with two attached hydrogens (primary N) is 1. The van der Waals surface area contributed by atoms with Crippen LogP contribution in [0, 0.1) is 17.0 Å². The Kier molecular flexibility index (Phi) is 7.35. The Labute approximate surface area is 245 Å². The van der Waals surface area contributed by atoms with Gasteiger partial charge in [-0.1, -0.05) is 0 Å². The fourth-order valence-electron chi connectivity index (χ4n) is 4.20. The SMILES string of the molecule is CCn1cc(-c2cc(C(F)(F)F)nc3sc(C(N)=O)c(NC(=O)c4ccc(Cn5cc(Br)c([N+](=O)[O-])n5)o4)c23)c(C)n1. The molecular weight excluding hydrogens is 649 g/mol. The Bertz CT molecular complexity index is 1890. The van der Waals surface area contributed by atoms with E-state index in [0.29, 0.717) is 29.1 Å². The molecule has 0 spiro atoms. The number of pyridine rings is 1. The maximum Gasteiger partial charge on any atom is 0.433 e. The topological polar surface area (TPSA) is 177 Å². The molecule has 2 amide bonds. The van der Waals surface area contributed by atoms with Gasteiger partial charge in [-0.3, -0.25) is 14.3 Å². The number of aryl methyl sites for hydroxylation is 2. The first-order valence-electron chi connectivity index (χ1n) is 11.9. The molecule has 218 valence electrons. The Morgan fingerprint density at radius 2 is 1.95 bits per heavy atom. The van der Waals surface area contributed by atoms with Crippen LogP contribution in [-0.2, 0) is 19.3 Å². The largest absolute Gasteiger partial charge is 0.454 e. The predicted octanol–water partition coefficient (Wildman–Crippen LogP) is 5.37. The van der Waals surface area contributed by atoms with Gasteiger partial charge >= 0.3 is 12.0 Å². The van der Waals surface area contributed by atoms with Gasteiger partial charge in [0.15, 0.2) is 5.76 Å². The summed E-state index contributed by atoms with van der Waals surface area (Å²) in [6.45, 7) is 3.83. The van der Waals surface area contributed by atoms with Crippen molar-refractivity contribution in [2.24, 2.45) is 5.73 Å². The number of carbonyl (C=O) groups is 2. The van der Waals surface area contributed by atoms with Gasteiger partial charge in [0, 0.05) is 23.7 Å². The van der Waals surface area contributed by atoms with Crippen LogP contribution in [-0.4, -0.2) is 41.3 Å². The highest BCUT2D eigenvalue weighted by Gasteiger charge is 2.35. The Morgan fingerprint density at radius 1 is 1.21 bits per heavy atom. The van der Waals surface area contributed by atoms with Gasteiger partial charge in [0.2, 0.25) is 0 Å². The van der Waals surface area contributed by atoms with Crippen molar-refractivity contribution in [3.63, 3.8) is 0 Å². The number of primary amides is 1. The van der Waals surface area contributed by atoms with Crippen molar-refractivity contribution in [3.8, 4) is 11.1 Å². The van der Waals surface area contributed by atoms with Crippen molar-refractivity contribution >= 4 is 60.8 Å². The van der Waals surface area contributed by atoms with Gasteiger partial charge in [-0.25, -0.2) is 4.98 Å². The number of nitrogens with zero attached hydrogens (tertiary/aromatic N) is 6. The summed E-state index contributed by atoms with van der Waals surface area (Å²) in [6, 6.07) is 3.61. The number of anilines is 1. The molecule has 0 aromatic carbocycles. The average Bonchev–Trinajstić information content (AvgIpc) is 3.69. The van der Waals surface area contributed by atoms with Crippen molar-refractivity contribution in [2.45, 2.75) is 33.1 Å². The zero-order chi connectivity index (χ0) is 30.5. The molecule has 5 aromatic rings. The number of nitro groups is 1. The summed E-state index contributed by atoms with van der Waals surface area (Å²) >= 11 is 3.66. The second-order valence-corrected chi connectivity index (χ2v) is 10.7. The van der Waals surface area contributed by atoms with Crippen LogP contribution in [0.5, 0.6) is 0 Å². The van der Waals surface area contributed by atoms with E-state index >= 15 is 0 Å². The lowest BCUT2D eigenvalue weighted by atomic mass is 10.0. The van der Waals surface area contributed by atoms with E-state index in [4.69, 9.17) is 10.2 Å². The van der Waals surface area contributed by atoms with E-state index in [1.165, 1.54) is 23.0 Å². The predicted molar refractivity (Wildman–Crippen MR) is 147 cm³/mol. The normalized spacial score (nSPS) is 11.8. The van der Waals surface area contributed by atoms with E-state index in [1.807, 2.05) is 6.92 Å². The molecule has 18 heteroatoms. The number of aromatic nitrogens is 5. The third-order valence-electron chi connectivity index (χ3n) is 6.05. The van der Waals surface area contributed by atoms with Gasteiger partial charge in [0.1, 0.15) is 32.2 Å². The summed E-state index contributed by atoms with van der Waals surface area (Å²) in [5.41, 5.74) is 5.05. The lowest BCUT2D eigenvalue weighted by Crippen LogP contribution is -2.16. The number of halogens is 4. The maximum atomic E-state index is 13.8. The minimum absolute atomic E-state index is 0.0505. The molecule has 13 nitrogen and oxygen atoms in total. The van der Waals surface area contributed by atoms with Crippen LogP contribution in [0.1, 0.15) is 44.3 Å². The summed E-state index contributed by atoms with van der Waals surface area (Å²) in [5, 5.41) is 21.8. The number of nitrogens with one attached hydrogen (secondary N) is 1. The highest BCUT2D eigenvalue weighted by atomic mass is 79.9. The molecule has 0 aliphatic heterocycles. The zero-order valence-corrected chi connectivity index (χ0v) is 23.9. The number of fused-ring (bicyclic) bond motifs is 1. The number of hydrogen-bond acceptors (Lipinski definition) is 9. The van der Waals surface area contributed by atoms with Gasteiger partial charge in [-0.2, -0.15) is 23.0 Å². The molecule has 0 aliphatic rings. The number of hydrogen-bond donors (Lipinski definition) is 2. The van der Waals surface area contributed by atoms with E-state index in [1.54, 1.807) is 17.8 Å². The second kappa shape index (κ2) is 10.7. The monoisotopic (exact) mass is 666 g/mol. The van der Waals surface area contributed by atoms with E-state index in [9.17, 15) is 32.9 Å². The fraction of sp³-hybridized carbons (Fsp3) is 0.208. The standard InChI is InChI=1S/C24H18BrF3N8O5S/c1-3-34-8-13(10(2)32-34)12-6-16(24(26,27)28)30-23-17(12)18(19(42-23)20(29)37)31-22(38)15-5-4-11(41-15)7-35-9-14(25)21(33-35)36(39)40/h4-6,8-9H,3,7H2,1-2H3,(H2,29,37)(H,31,38).